The standard InChI is InChI=1S/C13H20N2O4/c1-13(17,10-15-3-6-18-7-4-15)9-14-12(16)11-2-5-19-8-11/h2,5,8,17H,3-4,6-7,9-10H2,1H3,(H,14,16). The average Bonchev–Trinajstić information content (AvgIpc) is 2.91. The van der Waals surface area contributed by atoms with Gasteiger partial charge in [-0.1, -0.05) is 0 Å². The maximum Gasteiger partial charge on any atom is 0.254 e. The molecule has 1 aliphatic rings. The van der Waals surface area contributed by atoms with Gasteiger partial charge in [-0.2, -0.15) is 0 Å². The number of furan rings is 1. The summed E-state index contributed by atoms with van der Waals surface area (Å²) in [5.41, 5.74) is -0.501. The summed E-state index contributed by atoms with van der Waals surface area (Å²) in [6.07, 6.45) is 2.83. The number of nitrogens with zero attached hydrogens (tertiary/aromatic N) is 1. The SMILES string of the molecule is CC(O)(CNC(=O)c1ccoc1)CN1CCOCC1. The number of nitrogens with one attached hydrogen (secondary N) is 1. The first-order chi connectivity index (χ1) is 9.07. The van der Waals surface area contributed by atoms with Crippen LogP contribution >= 0.6 is 0 Å². The zero-order valence-electron chi connectivity index (χ0n) is 11.1. The van der Waals surface area contributed by atoms with E-state index in [2.05, 4.69) is 10.2 Å². The Morgan fingerprint density at radius 2 is 2.26 bits per heavy atom. The number of hydrogen-bond donors (Lipinski definition) is 2. The number of ether oxygens (including phenoxy) is 1. The van der Waals surface area contributed by atoms with Crippen LogP contribution in [0.15, 0.2) is 23.0 Å². The fourth-order valence-corrected chi connectivity index (χ4v) is 2.06. The van der Waals surface area contributed by atoms with E-state index in [1.807, 2.05) is 0 Å². The molecule has 19 heavy (non-hydrogen) atoms. The minimum atomic E-state index is -0.962. The third kappa shape index (κ3) is 4.34. The van der Waals surface area contributed by atoms with Crippen molar-refractivity contribution in [3.05, 3.63) is 24.2 Å². The van der Waals surface area contributed by atoms with Crippen LogP contribution in [0.3, 0.4) is 0 Å². The van der Waals surface area contributed by atoms with Gasteiger partial charge in [0.1, 0.15) is 6.26 Å². The van der Waals surface area contributed by atoms with Gasteiger partial charge in [-0.05, 0) is 13.0 Å². The van der Waals surface area contributed by atoms with E-state index in [4.69, 9.17) is 9.15 Å². The van der Waals surface area contributed by atoms with E-state index in [-0.39, 0.29) is 12.5 Å². The molecule has 2 rings (SSSR count). The first kappa shape index (κ1) is 14.0. The van der Waals surface area contributed by atoms with Crippen LogP contribution in [0.1, 0.15) is 17.3 Å². The molecule has 1 atom stereocenters. The molecule has 2 heterocycles. The smallest absolute Gasteiger partial charge is 0.254 e. The van der Waals surface area contributed by atoms with Crippen LogP contribution in [0, 0.1) is 0 Å². The zero-order chi connectivity index (χ0) is 13.7. The van der Waals surface area contributed by atoms with E-state index in [1.165, 1.54) is 12.5 Å². The van der Waals surface area contributed by atoms with Gasteiger partial charge in [0, 0.05) is 26.2 Å². The fourth-order valence-electron chi connectivity index (χ4n) is 2.06. The highest BCUT2D eigenvalue weighted by Crippen LogP contribution is 2.08. The summed E-state index contributed by atoms with van der Waals surface area (Å²) in [7, 11) is 0. The topological polar surface area (TPSA) is 74.9 Å². The Hall–Kier alpha value is -1.37. The second kappa shape index (κ2) is 6.18. The van der Waals surface area contributed by atoms with Crippen molar-refractivity contribution < 1.29 is 19.1 Å². The molecule has 0 radical (unpaired) electrons. The molecular weight excluding hydrogens is 248 g/mol. The quantitative estimate of drug-likeness (QED) is 0.792. The van der Waals surface area contributed by atoms with Crippen molar-refractivity contribution in [3.63, 3.8) is 0 Å². The minimum Gasteiger partial charge on any atom is -0.472 e. The average molecular weight is 268 g/mol. The molecule has 0 bridgehead atoms. The van der Waals surface area contributed by atoms with E-state index in [9.17, 15) is 9.90 Å². The Morgan fingerprint density at radius 1 is 1.53 bits per heavy atom. The second-order valence-electron chi connectivity index (χ2n) is 5.08. The summed E-state index contributed by atoms with van der Waals surface area (Å²) in [5.74, 6) is -0.240. The van der Waals surface area contributed by atoms with Gasteiger partial charge in [-0.3, -0.25) is 9.69 Å². The van der Waals surface area contributed by atoms with Gasteiger partial charge in [0.2, 0.25) is 0 Å². The highest BCUT2D eigenvalue weighted by molar-refractivity contribution is 5.93. The van der Waals surface area contributed by atoms with E-state index in [0.29, 0.717) is 25.3 Å². The van der Waals surface area contributed by atoms with Crippen LogP contribution in [0.4, 0.5) is 0 Å². The minimum absolute atomic E-state index is 0.203. The Morgan fingerprint density at radius 3 is 2.89 bits per heavy atom. The van der Waals surface area contributed by atoms with E-state index < -0.39 is 5.60 Å². The lowest BCUT2D eigenvalue weighted by Gasteiger charge is -2.33. The molecule has 1 fully saturated rings. The van der Waals surface area contributed by atoms with Gasteiger partial charge in [-0.25, -0.2) is 0 Å². The van der Waals surface area contributed by atoms with Gasteiger partial charge in [0.05, 0.1) is 30.6 Å². The molecule has 2 N–H and O–H groups in total. The molecule has 1 aliphatic heterocycles. The van der Waals surface area contributed by atoms with Gasteiger partial charge < -0.3 is 19.6 Å². The van der Waals surface area contributed by atoms with Crippen molar-refractivity contribution in [3.8, 4) is 0 Å². The number of hydrogen-bond acceptors (Lipinski definition) is 5. The molecule has 0 aliphatic carbocycles. The number of amides is 1. The number of morpholine rings is 1. The summed E-state index contributed by atoms with van der Waals surface area (Å²) in [6.45, 7) is 5.45. The molecule has 1 amide bonds. The number of carbonyl (C=O) groups excluding carboxylic acids is 1. The molecule has 1 aromatic heterocycles. The number of rotatable bonds is 5. The Balaban J connectivity index is 1.78. The predicted octanol–water partition coefficient (Wildman–Crippen LogP) is 0.0926. The summed E-state index contributed by atoms with van der Waals surface area (Å²) in [4.78, 5) is 13.9. The van der Waals surface area contributed by atoms with Crippen molar-refractivity contribution in [2.45, 2.75) is 12.5 Å². The lowest BCUT2D eigenvalue weighted by molar-refractivity contribution is -0.0213. The number of aliphatic hydroxyl groups is 1. The molecule has 6 nitrogen and oxygen atoms in total. The molecule has 0 saturated carbocycles. The van der Waals surface area contributed by atoms with E-state index in [0.717, 1.165) is 13.1 Å². The van der Waals surface area contributed by atoms with Crippen LogP contribution in [0.5, 0.6) is 0 Å². The Bertz CT molecular complexity index is 397. The van der Waals surface area contributed by atoms with Crippen molar-refractivity contribution in [1.82, 2.24) is 10.2 Å². The number of β-amino-alcohol motifs (C(OH)–C–C–N with tert-alkyl or cyclic N) is 1. The molecule has 1 unspecified atom stereocenters. The first-order valence-corrected chi connectivity index (χ1v) is 6.40. The largest absolute Gasteiger partial charge is 0.472 e. The maximum atomic E-state index is 11.7. The van der Waals surface area contributed by atoms with E-state index >= 15 is 0 Å². The monoisotopic (exact) mass is 268 g/mol. The normalized spacial score (nSPS) is 19.9. The van der Waals surface area contributed by atoms with Crippen LogP contribution in [0.2, 0.25) is 0 Å². The summed E-state index contributed by atoms with van der Waals surface area (Å²) in [6, 6.07) is 1.59. The fraction of sp³-hybridized carbons (Fsp3) is 0.615. The maximum absolute atomic E-state index is 11.7. The molecule has 1 saturated heterocycles. The highest BCUT2D eigenvalue weighted by Gasteiger charge is 2.26. The van der Waals surface area contributed by atoms with Gasteiger partial charge in [0.25, 0.3) is 5.91 Å². The van der Waals surface area contributed by atoms with Crippen LogP contribution < -0.4 is 5.32 Å². The second-order valence-corrected chi connectivity index (χ2v) is 5.08. The van der Waals surface area contributed by atoms with Crippen LogP contribution in [-0.4, -0.2) is 60.9 Å². The molecule has 6 heteroatoms. The van der Waals surface area contributed by atoms with Crippen molar-refractivity contribution in [2.75, 3.05) is 39.4 Å². The van der Waals surface area contributed by atoms with Crippen LogP contribution in [-0.2, 0) is 4.74 Å². The van der Waals surface area contributed by atoms with Crippen molar-refractivity contribution in [1.29, 1.82) is 0 Å². The van der Waals surface area contributed by atoms with Crippen molar-refractivity contribution >= 4 is 5.91 Å². The van der Waals surface area contributed by atoms with Gasteiger partial charge >= 0.3 is 0 Å². The van der Waals surface area contributed by atoms with Crippen LogP contribution in [0.25, 0.3) is 0 Å². The summed E-state index contributed by atoms with van der Waals surface area (Å²) < 4.78 is 10.1. The Labute approximate surface area is 112 Å². The van der Waals surface area contributed by atoms with Gasteiger partial charge in [-0.15, -0.1) is 0 Å². The highest BCUT2D eigenvalue weighted by atomic mass is 16.5. The first-order valence-electron chi connectivity index (χ1n) is 6.40. The van der Waals surface area contributed by atoms with E-state index in [1.54, 1.807) is 13.0 Å². The lowest BCUT2D eigenvalue weighted by Crippen LogP contribution is -2.51. The van der Waals surface area contributed by atoms with Gasteiger partial charge in [0.15, 0.2) is 0 Å². The third-order valence-corrected chi connectivity index (χ3v) is 3.08. The molecule has 0 aromatic carbocycles. The van der Waals surface area contributed by atoms with Crippen molar-refractivity contribution in [2.24, 2.45) is 0 Å². The summed E-state index contributed by atoms with van der Waals surface area (Å²) in [5, 5.41) is 13.0. The molecule has 106 valence electrons. The molecular formula is C13H20N2O4. The lowest BCUT2D eigenvalue weighted by atomic mass is 10.1. The summed E-state index contributed by atoms with van der Waals surface area (Å²) >= 11 is 0. The number of carbonyl (C=O) groups is 1. The predicted molar refractivity (Wildman–Crippen MR) is 68.9 cm³/mol. The molecule has 1 aromatic rings. The molecule has 0 spiro atoms. The third-order valence-electron chi connectivity index (χ3n) is 3.08. The zero-order valence-corrected chi connectivity index (χ0v) is 11.1. The Kier molecular flexibility index (Phi) is 4.57.